The maximum absolute atomic E-state index is 11.7. The summed E-state index contributed by atoms with van der Waals surface area (Å²) in [6, 6.07) is 0. The summed E-state index contributed by atoms with van der Waals surface area (Å²) < 4.78 is 0. The average Bonchev–Trinajstić information content (AvgIpc) is 2.74. The fraction of sp³-hybridized carbons (Fsp3) is 0.929. The van der Waals surface area contributed by atoms with E-state index in [1.54, 1.807) is 0 Å². The largest absolute Gasteiger partial charge is 0.394 e. The summed E-state index contributed by atoms with van der Waals surface area (Å²) >= 11 is 0. The summed E-state index contributed by atoms with van der Waals surface area (Å²) in [5.74, 6) is 0.0268. The summed E-state index contributed by atoms with van der Waals surface area (Å²) in [5.41, 5.74) is 0.0415. The van der Waals surface area contributed by atoms with Crippen LogP contribution in [0.5, 0.6) is 0 Å². The molecule has 3 N–H and O–H groups in total. The molecule has 1 rings (SSSR count). The third-order valence-corrected chi connectivity index (χ3v) is 3.68. The lowest BCUT2D eigenvalue weighted by atomic mass is 9.92. The van der Waals surface area contributed by atoms with E-state index in [0.29, 0.717) is 6.54 Å². The predicted molar refractivity (Wildman–Crippen MR) is 73.4 cm³/mol. The van der Waals surface area contributed by atoms with Gasteiger partial charge in [0.15, 0.2) is 0 Å². The van der Waals surface area contributed by atoms with Crippen LogP contribution in [0.4, 0.5) is 0 Å². The van der Waals surface area contributed by atoms with Gasteiger partial charge in [-0.25, -0.2) is 0 Å². The van der Waals surface area contributed by atoms with Crippen molar-refractivity contribution in [2.45, 2.75) is 58.4 Å². The standard InChI is InChI=1S/C14H28N2O2/c1-13(2,3)8-9-15-12(18)10-16-14(11-17)6-4-5-7-14/h16-17H,4-11H2,1-3H3,(H,15,18). The minimum absolute atomic E-state index is 0.0268. The van der Waals surface area contributed by atoms with Gasteiger partial charge in [-0.05, 0) is 24.7 Å². The van der Waals surface area contributed by atoms with Gasteiger partial charge in [0.05, 0.1) is 13.2 Å². The van der Waals surface area contributed by atoms with Crippen molar-refractivity contribution in [2.24, 2.45) is 5.41 Å². The number of amides is 1. The lowest BCUT2D eigenvalue weighted by Gasteiger charge is -2.27. The van der Waals surface area contributed by atoms with Gasteiger partial charge in [0.1, 0.15) is 0 Å². The van der Waals surface area contributed by atoms with E-state index in [9.17, 15) is 9.90 Å². The van der Waals surface area contributed by atoms with Gasteiger partial charge in [0, 0.05) is 12.1 Å². The van der Waals surface area contributed by atoms with E-state index in [-0.39, 0.29) is 23.5 Å². The average molecular weight is 256 g/mol. The molecule has 0 aliphatic heterocycles. The number of aliphatic hydroxyl groups is 1. The zero-order valence-corrected chi connectivity index (χ0v) is 12.0. The van der Waals surface area contributed by atoms with Gasteiger partial charge >= 0.3 is 0 Å². The van der Waals surface area contributed by atoms with Crippen LogP contribution in [-0.4, -0.2) is 36.2 Å². The van der Waals surface area contributed by atoms with Gasteiger partial charge in [-0.1, -0.05) is 33.6 Å². The summed E-state index contributed by atoms with van der Waals surface area (Å²) in [4.78, 5) is 11.7. The number of carbonyl (C=O) groups excluding carboxylic acids is 1. The van der Waals surface area contributed by atoms with Crippen LogP contribution < -0.4 is 10.6 Å². The number of nitrogens with one attached hydrogen (secondary N) is 2. The highest BCUT2D eigenvalue weighted by atomic mass is 16.3. The zero-order chi connectivity index (χ0) is 13.6. The molecule has 1 fully saturated rings. The second-order valence-corrected chi connectivity index (χ2v) is 6.66. The molecule has 0 bridgehead atoms. The van der Waals surface area contributed by atoms with Crippen LogP contribution in [-0.2, 0) is 4.79 Å². The quantitative estimate of drug-likeness (QED) is 0.674. The van der Waals surface area contributed by atoms with Gasteiger partial charge in [-0.15, -0.1) is 0 Å². The van der Waals surface area contributed by atoms with Crippen molar-refractivity contribution in [3.8, 4) is 0 Å². The third kappa shape index (κ3) is 5.36. The predicted octanol–water partition coefficient (Wildman–Crippen LogP) is 1.43. The Morgan fingerprint density at radius 2 is 1.89 bits per heavy atom. The van der Waals surface area contributed by atoms with E-state index >= 15 is 0 Å². The van der Waals surface area contributed by atoms with Crippen LogP contribution in [0.1, 0.15) is 52.9 Å². The molecule has 0 radical (unpaired) electrons. The normalized spacial score (nSPS) is 18.9. The molecule has 4 nitrogen and oxygen atoms in total. The Hall–Kier alpha value is -0.610. The Labute approximate surface area is 111 Å². The molecule has 18 heavy (non-hydrogen) atoms. The SMILES string of the molecule is CC(C)(C)CCNC(=O)CNC1(CO)CCCC1. The number of rotatable bonds is 6. The number of aliphatic hydroxyl groups excluding tert-OH is 1. The first-order valence-corrected chi connectivity index (χ1v) is 7.00. The molecule has 0 aromatic carbocycles. The van der Waals surface area contributed by atoms with Crippen molar-refractivity contribution in [1.29, 1.82) is 0 Å². The van der Waals surface area contributed by atoms with E-state index < -0.39 is 0 Å². The Kier molecular flexibility index (Phi) is 5.60. The molecule has 1 aliphatic carbocycles. The molecule has 0 heterocycles. The van der Waals surface area contributed by atoms with Crippen molar-refractivity contribution in [3.05, 3.63) is 0 Å². The van der Waals surface area contributed by atoms with Crippen molar-refractivity contribution >= 4 is 5.91 Å². The molecule has 0 atom stereocenters. The van der Waals surface area contributed by atoms with Gasteiger partial charge in [-0.2, -0.15) is 0 Å². The molecular formula is C14H28N2O2. The molecule has 4 heteroatoms. The summed E-state index contributed by atoms with van der Waals surface area (Å²) in [5, 5.41) is 15.6. The first-order chi connectivity index (χ1) is 8.37. The van der Waals surface area contributed by atoms with Gasteiger partial charge in [0.2, 0.25) is 5.91 Å². The highest BCUT2D eigenvalue weighted by Gasteiger charge is 2.32. The van der Waals surface area contributed by atoms with Gasteiger partial charge in [0.25, 0.3) is 0 Å². The van der Waals surface area contributed by atoms with Crippen LogP contribution in [0.15, 0.2) is 0 Å². The van der Waals surface area contributed by atoms with Gasteiger partial charge < -0.3 is 15.7 Å². The number of hydrogen-bond acceptors (Lipinski definition) is 3. The Bertz CT molecular complexity index is 265. The Morgan fingerprint density at radius 3 is 2.39 bits per heavy atom. The Morgan fingerprint density at radius 1 is 1.28 bits per heavy atom. The lowest BCUT2D eigenvalue weighted by Crippen LogP contribution is -2.50. The van der Waals surface area contributed by atoms with E-state index in [1.165, 1.54) is 0 Å². The second kappa shape index (κ2) is 6.53. The summed E-state index contributed by atoms with van der Waals surface area (Å²) in [6.45, 7) is 7.65. The molecular weight excluding hydrogens is 228 g/mol. The molecule has 0 saturated heterocycles. The van der Waals surface area contributed by atoms with Gasteiger partial charge in [-0.3, -0.25) is 4.79 Å². The summed E-state index contributed by atoms with van der Waals surface area (Å²) in [7, 11) is 0. The fourth-order valence-electron chi connectivity index (χ4n) is 2.35. The summed E-state index contributed by atoms with van der Waals surface area (Å²) in [6.07, 6.45) is 5.19. The first-order valence-electron chi connectivity index (χ1n) is 7.00. The third-order valence-electron chi connectivity index (χ3n) is 3.68. The molecule has 1 amide bonds. The van der Waals surface area contributed by atoms with Crippen molar-refractivity contribution < 1.29 is 9.90 Å². The maximum Gasteiger partial charge on any atom is 0.233 e. The molecule has 1 saturated carbocycles. The number of hydrogen-bond donors (Lipinski definition) is 3. The van der Waals surface area contributed by atoms with E-state index in [4.69, 9.17) is 0 Å². The highest BCUT2D eigenvalue weighted by Crippen LogP contribution is 2.28. The zero-order valence-electron chi connectivity index (χ0n) is 12.0. The number of carbonyl (C=O) groups is 1. The monoisotopic (exact) mass is 256 g/mol. The molecule has 0 spiro atoms. The van der Waals surface area contributed by atoms with Crippen molar-refractivity contribution in [3.63, 3.8) is 0 Å². The second-order valence-electron chi connectivity index (χ2n) is 6.66. The van der Waals surface area contributed by atoms with Crippen LogP contribution in [0.25, 0.3) is 0 Å². The smallest absolute Gasteiger partial charge is 0.233 e. The van der Waals surface area contributed by atoms with E-state index in [1.807, 2.05) is 0 Å². The minimum Gasteiger partial charge on any atom is -0.394 e. The Balaban J connectivity index is 2.20. The van der Waals surface area contributed by atoms with Crippen molar-refractivity contribution in [2.75, 3.05) is 19.7 Å². The topological polar surface area (TPSA) is 61.4 Å². The van der Waals surface area contributed by atoms with Crippen LogP contribution in [0, 0.1) is 5.41 Å². The lowest BCUT2D eigenvalue weighted by molar-refractivity contribution is -0.120. The van der Waals surface area contributed by atoms with Crippen LogP contribution in [0.2, 0.25) is 0 Å². The maximum atomic E-state index is 11.7. The van der Waals surface area contributed by atoms with E-state index in [2.05, 4.69) is 31.4 Å². The van der Waals surface area contributed by atoms with Crippen LogP contribution in [0.3, 0.4) is 0 Å². The van der Waals surface area contributed by atoms with E-state index in [0.717, 1.165) is 38.6 Å². The molecule has 0 unspecified atom stereocenters. The molecule has 0 aromatic rings. The molecule has 106 valence electrons. The molecule has 1 aliphatic rings. The minimum atomic E-state index is -0.207. The first kappa shape index (κ1) is 15.4. The molecule has 0 aromatic heterocycles. The highest BCUT2D eigenvalue weighted by molar-refractivity contribution is 5.78. The van der Waals surface area contributed by atoms with Crippen molar-refractivity contribution in [1.82, 2.24) is 10.6 Å². The van der Waals surface area contributed by atoms with Crippen LogP contribution >= 0.6 is 0 Å². The fourth-order valence-corrected chi connectivity index (χ4v) is 2.35.